The van der Waals surface area contributed by atoms with E-state index in [0.29, 0.717) is 12.8 Å². The molecule has 2 aliphatic carbocycles. The quantitative estimate of drug-likeness (QED) is 0.560. The fraction of sp³-hybridized carbons (Fsp3) is 0.389. The molecule has 0 aromatic heterocycles. The predicted molar refractivity (Wildman–Crippen MR) is 86.4 cm³/mol. The molecular weight excluding hydrogens is 308 g/mol. The largest absolute Gasteiger partial charge is 0.481 e. The van der Waals surface area contributed by atoms with Gasteiger partial charge in [-0.1, -0.05) is 42.5 Å². The predicted octanol–water partition coefficient (Wildman–Crippen LogP) is 1.29. The van der Waals surface area contributed by atoms with E-state index < -0.39 is 23.7 Å². The third-order valence-corrected chi connectivity index (χ3v) is 4.86. The summed E-state index contributed by atoms with van der Waals surface area (Å²) < 4.78 is 0. The van der Waals surface area contributed by atoms with Crippen molar-refractivity contribution in [2.24, 2.45) is 23.7 Å². The zero-order chi connectivity index (χ0) is 17.1. The van der Waals surface area contributed by atoms with E-state index in [1.165, 1.54) is 0 Å². The van der Waals surface area contributed by atoms with Crippen LogP contribution in [0.1, 0.15) is 18.4 Å². The number of hydrogen-bond donors (Lipinski definition) is 3. The molecule has 4 atom stereocenters. The Bertz CT molecular complexity index is 671. The Morgan fingerprint density at radius 2 is 1.67 bits per heavy atom. The molecule has 0 radical (unpaired) electrons. The summed E-state index contributed by atoms with van der Waals surface area (Å²) in [6.07, 6.45) is 5.31. The Morgan fingerprint density at radius 3 is 2.33 bits per heavy atom. The molecule has 0 heterocycles. The maximum Gasteiger partial charge on any atom is 0.307 e. The van der Waals surface area contributed by atoms with Crippen LogP contribution in [-0.4, -0.2) is 22.9 Å². The van der Waals surface area contributed by atoms with Gasteiger partial charge in [0, 0.05) is 6.42 Å². The highest BCUT2D eigenvalue weighted by atomic mass is 16.4. The molecule has 1 saturated carbocycles. The first kappa shape index (κ1) is 16.2. The zero-order valence-electron chi connectivity index (χ0n) is 13.1. The number of allylic oxidation sites excluding steroid dienone is 2. The SMILES string of the molecule is O=C(CCc1ccccc1)NNC(=O)C1C2C=CC(C2)C1C(=O)O. The van der Waals surface area contributed by atoms with Crippen LogP contribution in [0.2, 0.25) is 0 Å². The zero-order valence-corrected chi connectivity index (χ0v) is 13.1. The molecule has 4 unspecified atom stereocenters. The van der Waals surface area contributed by atoms with Crippen LogP contribution in [0, 0.1) is 23.7 Å². The molecule has 24 heavy (non-hydrogen) atoms. The van der Waals surface area contributed by atoms with E-state index in [0.717, 1.165) is 5.56 Å². The standard InChI is InChI=1S/C18H20N2O4/c21-14(9-6-11-4-2-1-3-5-11)19-20-17(22)15-12-7-8-13(10-12)16(15)18(23)24/h1-5,7-8,12-13,15-16H,6,9-10H2,(H,19,21)(H,20,22)(H,23,24). The number of amides is 2. The highest BCUT2D eigenvalue weighted by molar-refractivity contribution is 5.88. The van der Waals surface area contributed by atoms with E-state index in [1.807, 2.05) is 42.5 Å². The molecule has 2 bridgehead atoms. The number of rotatable bonds is 5. The van der Waals surface area contributed by atoms with Gasteiger partial charge in [0.25, 0.3) is 0 Å². The minimum atomic E-state index is -0.956. The summed E-state index contributed by atoms with van der Waals surface area (Å²) in [5.74, 6) is -3.14. The van der Waals surface area contributed by atoms with Crippen molar-refractivity contribution < 1.29 is 19.5 Å². The van der Waals surface area contributed by atoms with Crippen molar-refractivity contribution >= 4 is 17.8 Å². The fourth-order valence-corrected chi connectivity index (χ4v) is 3.70. The summed E-state index contributed by atoms with van der Waals surface area (Å²) >= 11 is 0. The molecule has 2 aliphatic rings. The second-order valence-electron chi connectivity index (χ2n) is 6.36. The van der Waals surface area contributed by atoms with Gasteiger partial charge in [-0.25, -0.2) is 0 Å². The fourth-order valence-electron chi connectivity index (χ4n) is 3.70. The van der Waals surface area contributed by atoms with Gasteiger partial charge in [-0.3, -0.25) is 25.2 Å². The number of hydrogen-bond acceptors (Lipinski definition) is 3. The number of aliphatic carboxylic acids is 1. The molecule has 1 fully saturated rings. The number of carboxylic acid groups (broad SMARTS) is 1. The summed E-state index contributed by atoms with van der Waals surface area (Å²) in [6, 6.07) is 9.59. The summed E-state index contributed by atoms with van der Waals surface area (Å²) in [5, 5.41) is 9.34. The van der Waals surface area contributed by atoms with Crippen molar-refractivity contribution in [3.63, 3.8) is 0 Å². The first-order chi connectivity index (χ1) is 11.6. The summed E-state index contributed by atoms with van der Waals surface area (Å²) in [5.41, 5.74) is 5.83. The average Bonchev–Trinajstić information content (AvgIpc) is 3.20. The smallest absolute Gasteiger partial charge is 0.307 e. The lowest BCUT2D eigenvalue weighted by atomic mass is 9.82. The van der Waals surface area contributed by atoms with E-state index in [4.69, 9.17) is 0 Å². The van der Waals surface area contributed by atoms with Gasteiger partial charge in [0.05, 0.1) is 11.8 Å². The van der Waals surface area contributed by atoms with Crippen molar-refractivity contribution in [1.29, 1.82) is 0 Å². The van der Waals surface area contributed by atoms with E-state index in [-0.39, 0.29) is 24.2 Å². The van der Waals surface area contributed by atoms with Crippen LogP contribution in [0.15, 0.2) is 42.5 Å². The van der Waals surface area contributed by atoms with E-state index in [9.17, 15) is 19.5 Å². The molecule has 1 aromatic rings. The maximum atomic E-state index is 12.3. The van der Waals surface area contributed by atoms with E-state index in [2.05, 4.69) is 10.9 Å². The van der Waals surface area contributed by atoms with Crippen LogP contribution >= 0.6 is 0 Å². The monoisotopic (exact) mass is 328 g/mol. The maximum absolute atomic E-state index is 12.3. The highest BCUT2D eigenvalue weighted by Crippen LogP contribution is 2.48. The highest BCUT2D eigenvalue weighted by Gasteiger charge is 2.51. The Balaban J connectivity index is 1.49. The van der Waals surface area contributed by atoms with Crippen LogP contribution in [-0.2, 0) is 20.8 Å². The van der Waals surface area contributed by atoms with E-state index in [1.54, 1.807) is 0 Å². The van der Waals surface area contributed by atoms with Gasteiger partial charge in [0.1, 0.15) is 0 Å². The first-order valence-electron chi connectivity index (χ1n) is 8.10. The topological polar surface area (TPSA) is 95.5 Å². The van der Waals surface area contributed by atoms with Gasteiger partial charge in [0.2, 0.25) is 11.8 Å². The van der Waals surface area contributed by atoms with Crippen molar-refractivity contribution in [1.82, 2.24) is 10.9 Å². The molecule has 0 saturated heterocycles. The van der Waals surface area contributed by atoms with Crippen LogP contribution < -0.4 is 10.9 Å². The summed E-state index contributed by atoms with van der Waals surface area (Å²) in [4.78, 5) is 35.6. The van der Waals surface area contributed by atoms with Gasteiger partial charge >= 0.3 is 5.97 Å². The molecular formula is C18H20N2O4. The van der Waals surface area contributed by atoms with Gasteiger partial charge in [-0.15, -0.1) is 0 Å². The second-order valence-corrected chi connectivity index (χ2v) is 6.36. The molecule has 0 spiro atoms. The molecule has 0 aliphatic heterocycles. The number of aryl methyl sites for hydroxylation is 1. The molecule has 126 valence electrons. The lowest BCUT2D eigenvalue weighted by Gasteiger charge is -2.23. The summed E-state index contributed by atoms with van der Waals surface area (Å²) in [6.45, 7) is 0. The third-order valence-electron chi connectivity index (χ3n) is 4.86. The number of nitrogens with one attached hydrogen (secondary N) is 2. The van der Waals surface area contributed by atoms with Crippen LogP contribution in [0.25, 0.3) is 0 Å². The minimum absolute atomic E-state index is 0.0580. The van der Waals surface area contributed by atoms with Gasteiger partial charge in [0.15, 0.2) is 0 Å². The number of benzene rings is 1. The van der Waals surface area contributed by atoms with Crippen molar-refractivity contribution in [3.8, 4) is 0 Å². The molecule has 3 rings (SSSR count). The van der Waals surface area contributed by atoms with Crippen molar-refractivity contribution in [2.75, 3.05) is 0 Å². The lowest BCUT2D eigenvalue weighted by Crippen LogP contribution is -2.48. The Hall–Kier alpha value is -2.63. The number of fused-ring (bicyclic) bond motifs is 2. The number of carbonyl (C=O) groups is 3. The first-order valence-corrected chi connectivity index (χ1v) is 8.10. The number of carboxylic acids is 1. The third kappa shape index (κ3) is 3.32. The summed E-state index contributed by atoms with van der Waals surface area (Å²) in [7, 11) is 0. The van der Waals surface area contributed by atoms with Gasteiger partial charge < -0.3 is 5.11 Å². The molecule has 3 N–H and O–H groups in total. The Labute approximate surface area is 139 Å². The second kappa shape index (κ2) is 6.86. The molecule has 2 amide bonds. The van der Waals surface area contributed by atoms with Crippen LogP contribution in [0.4, 0.5) is 0 Å². The van der Waals surface area contributed by atoms with Crippen LogP contribution in [0.5, 0.6) is 0 Å². The Kier molecular flexibility index (Phi) is 4.64. The van der Waals surface area contributed by atoms with Crippen molar-refractivity contribution in [3.05, 3.63) is 48.0 Å². The minimum Gasteiger partial charge on any atom is -0.481 e. The molecule has 6 nitrogen and oxygen atoms in total. The normalized spacial score (nSPS) is 27.0. The Morgan fingerprint density at radius 1 is 1.00 bits per heavy atom. The van der Waals surface area contributed by atoms with Crippen LogP contribution in [0.3, 0.4) is 0 Å². The van der Waals surface area contributed by atoms with Crippen molar-refractivity contribution in [2.45, 2.75) is 19.3 Å². The average molecular weight is 328 g/mol. The van der Waals surface area contributed by atoms with Gasteiger partial charge in [-0.05, 0) is 30.2 Å². The molecule has 6 heteroatoms. The molecule has 1 aromatic carbocycles. The number of carbonyl (C=O) groups excluding carboxylic acids is 2. The number of hydrazine groups is 1. The van der Waals surface area contributed by atoms with E-state index >= 15 is 0 Å². The lowest BCUT2D eigenvalue weighted by molar-refractivity contribution is -0.148. The van der Waals surface area contributed by atoms with Gasteiger partial charge in [-0.2, -0.15) is 0 Å².